The van der Waals surface area contributed by atoms with Crippen LogP contribution in [0.4, 0.5) is 0 Å². The summed E-state index contributed by atoms with van der Waals surface area (Å²) in [6.07, 6.45) is -0.172. The Morgan fingerprint density at radius 1 is 1.19 bits per heavy atom. The van der Waals surface area contributed by atoms with Crippen molar-refractivity contribution in [1.82, 2.24) is 0 Å². The second-order valence-electron chi connectivity index (χ2n) is 3.54. The van der Waals surface area contributed by atoms with Crippen molar-refractivity contribution in [2.45, 2.75) is 6.42 Å². The standard InChI is InChI=1S/C12H9BrO3/c13-10-2-1-7-5-11(14)9(6-12(15)16)3-8(7)4-10/h1-5,14H,6H2,(H,15,16). The third-order valence-electron chi connectivity index (χ3n) is 2.34. The predicted molar refractivity (Wildman–Crippen MR) is 64.7 cm³/mol. The van der Waals surface area contributed by atoms with Gasteiger partial charge in [0.1, 0.15) is 5.75 Å². The third-order valence-corrected chi connectivity index (χ3v) is 2.83. The lowest BCUT2D eigenvalue weighted by Crippen LogP contribution is -2.00. The molecule has 0 aliphatic heterocycles. The maximum atomic E-state index is 10.6. The number of aliphatic carboxylic acids is 1. The van der Waals surface area contributed by atoms with Crippen LogP contribution in [-0.4, -0.2) is 16.2 Å². The summed E-state index contributed by atoms with van der Waals surface area (Å²) in [5, 5.41) is 20.1. The summed E-state index contributed by atoms with van der Waals surface area (Å²) in [6, 6.07) is 8.91. The van der Waals surface area contributed by atoms with Gasteiger partial charge in [-0.1, -0.05) is 22.0 Å². The van der Waals surface area contributed by atoms with Crippen molar-refractivity contribution in [3.8, 4) is 5.75 Å². The van der Waals surface area contributed by atoms with Gasteiger partial charge in [-0.25, -0.2) is 0 Å². The van der Waals surface area contributed by atoms with E-state index >= 15 is 0 Å². The highest BCUT2D eigenvalue weighted by atomic mass is 79.9. The summed E-state index contributed by atoms with van der Waals surface area (Å²) in [6.45, 7) is 0. The van der Waals surface area contributed by atoms with Crippen molar-refractivity contribution < 1.29 is 15.0 Å². The van der Waals surface area contributed by atoms with Gasteiger partial charge in [0.2, 0.25) is 0 Å². The van der Waals surface area contributed by atoms with Gasteiger partial charge in [-0.15, -0.1) is 0 Å². The highest BCUT2D eigenvalue weighted by molar-refractivity contribution is 9.10. The van der Waals surface area contributed by atoms with Crippen LogP contribution in [0.1, 0.15) is 5.56 Å². The Balaban J connectivity index is 2.59. The lowest BCUT2D eigenvalue weighted by Gasteiger charge is -2.05. The van der Waals surface area contributed by atoms with E-state index in [0.29, 0.717) is 5.56 Å². The SMILES string of the molecule is O=C(O)Cc1cc2cc(Br)ccc2cc1O. The zero-order valence-corrected chi connectivity index (χ0v) is 9.86. The van der Waals surface area contributed by atoms with Gasteiger partial charge in [0.05, 0.1) is 6.42 Å². The fourth-order valence-corrected chi connectivity index (χ4v) is 1.99. The van der Waals surface area contributed by atoms with Crippen LogP contribution in [0, 0.1) is 0 Å². The minimum Gasteiger partial charge on any atom is -0.508 e. The second-order valence-corrected chi connectivity index (χ2v) is 4.46. The molecule has 2 aromatic carbocycles. The molecule has 0 aliphatic carbocycles. The van der Waals surface area contributed by atoms with Gasteiger partial charge in [-0.05, 0) is 35.0 Å². The molecule has 0 amide bonds. The number of aromatic hydroxyl groups is 1. The van der Waals surface area contributed by atoms with E-state index in [1.165, 1.54) is 0 Å². The van der Waals surface area contributed by atoms with Crippen LogP contribution in [0.15, 0.2) is 34.8 Å². The van der Waals surface area contributed by atoms with Crippen LogP contribution in [-0.2, 0) is 11.2 Å². The predicted octanol–water partition coefficient (Wildman–Crippen LogP) is 2.94. The van der Waals surface area contributed by atoms with Gasteiger partial charge in [0.25, 0.3) is 0 Å². The monoisotopic (exact) mass is 280 g/mol. The number of phenols is 1. The minimum absolute atomic E-state index is 0.0252. The molecule has 0 heterocycles. The van der Waals surface area contributed by atoms with Crippen molar-refractivity contribution >= 4 is 32.7 Å². The summed E-state index contributed by atoms with van der Waals surface area (Å²) in [5.41, 5.74) is 0.429. The highest BCUT2D eigenvalue weighted by Crippen LogP contribution is 2.27. The van der Waals surface area contributed by atoms with Crippen LogP contribution in [0.3, 0.4) is 0 Å². The van der Waals surface area contributed by atoms with E-state index in [4.69, 9.17) is 5.11 Å². The molecule has 0 radical (unpaired) electrons. The number of hydrogen-bond acceptors (Lipinski definition) is 2. The first-order valence-corrected chi connectivity index (χ1v) is 5.48. The van der Waals surface area contributed by atoms with E-state index in [0.717, 1.165) is 15.2 Å². The van der Waals surface area contributed by atoms with E-state index in [1.807, 2.05) is 18.2 Å². The van der Waals surface area contributed by atoms with Crippen LogP contribution in [0.5, 0.6) is 5.75 Å². The average molecular weight is 281 g/mol. The van der Waals surface area contributed by atoms with Crippen molar-refractivity contribution in [1.29, 1.82) is 0 Å². The number of hydrogen-bond donors (Lipinski definition) is 2. The number of phenolic OH excluding ortho intramolecular Hbond substituents is 1. The largest absolute Gasteiger partial charge is 0.508 e. The molecule has 3 nitrogen and oxygen atoms in total. The number of rotatable bonds is 2. The van der Waals surface area contributed by atoms with Crippen molar-refractivity contribution in [2.75, 3.05) is 0 Å². The van der Waals surface area contributed by atoms with Crippen molar-refractivity contribution in [3.63, 3.8) is 0 Å². The number of benzene rings is 2. The molecule has 0 aliphatic rings. The van der Waals surface area contributed by atoms with Crippen molar-refractivity contribution in [2.24, 2.45) is 0 Å². The number of carbonyl (C=O) groups is 1. The Morgan fingerprint density at radius 3 is 2.62 bits per heavy atom. The quantitative estimate of drug-likeness (QED) is 0.889. The Morgan fingerprint density at radius 2 is 1.94 bits per heavy atom. The van der Waals surface area contributed by atoms with Crippen molar-refractivity contribution in [3.05, 3.63) is 40.4 Å². The average Bonchev–Trinajstić information content (AvgIpc) is 2.19. The van der Waals surface area contributed by atoms with Gasteiger partial charge < -0.3 is 10.2 Å². The van der Waals surface area contributed by atoms with E-state index in [1.54, 1.807) is 12.1 Å². The highest BCUT2D eigenvalue weighted by Gasteiger charge is 2.08. The molecule has 82 valence electrons. The molecule has 0 atom stereocenters. The molecule has 4 heteroatoms. The van der Waals surface area contributed by atoms with E-state index < -0.39 is 5.97 Å². The molecule has 0 aromatic heterocycles. The van der Waals surface area contributed by atoms with Gasteiger partial charge in [0, 0.05) is 10.0 Å². The summed E-state index contributed by atoms with van der Waals surface area (Å²) >= 11 is 3.35. The first kappa shape index (κ1) is 11.0. The molecule has 2 aromatic rings. The lowest BCUT2D eigenvalue weighted by molar-refractivity contribution is -0.136. The van der Waals surface area contributed by atoms with Crippen LogP contribution >= 0.6 is 15.9 Å². The first-order valence-electron chi connectivity index (χ1n) is 4.69. The molecule has 0 unspecified atom stereocenters. The fraction of sp³-hybridized carbons (Fsp3) is 0.0833. The molecule has 0 fully saturated rings. The van der Waals surface area contributed by atoms with Crippen LogP contribution in [0.25, 0.3) is 10.8 Å². The maximum Gasteiger partial charge on any atom is 0.307 e. The van der Waals surface area contributed by atoms with Gasteiger partial charge in [-0.3, -0.25) is 4.79 Å². The zero-order chi connectivity index (χ0) is 11.7. The third kappa shape index (κ3) is 2.17. The number of carboxylic acid groups (broad SMARTS) is 1. The summed E-state index contributed by atoms with van der Waals surface area (Å²) in [4.78, 5) is 10.6. The smallest absolute Gasteiger partial charge is 0.307 e. The van der Waals surface area contributed by atoms with Gasteiger partial charge in [-0.2, -0.15) is 0 Å². The Kier molecular flexibility index (Phi) is 2.83. The summed E-state index contributed by atoms with van der Waals surface area (Å²) in [7, 11) is 0. The summed E-state index contributed by atoms with van der Waals surface area (Å²) < 4.78 is 0.923. The normalized spacial score (nSPS) is 10.6. The molecule has 2 N–H and O–H groups in total. The Bertz CT molecular complexity index is 563. The molecule has 0 saturated heterocycles. The first-order chi connectivity index (χ1) is 7.56. The molecule has 2 rings (SSSR count). The minimum atomic E-state index is -0.954. The summed E-state index contributed by atoms with van der Waals surface area (Å²) in [5.74, 6) is -0.929. The Hall–Kier alpha value is -1.55. The topological polar surface area (TPSA) is 57.5 Å². The van der Waals surface area contributed by atoms with Crippen LogP contribution < -0.4 is 0 Å². The fourth-order valence-electron chi connectivity index (χ4n) is 1.61. The zero-order valence-electron chi connectivity index (χ0n) is 8.27. The molecular weight excluding hydrogens is 272 g/mol. The van der Waals surface area contributed by atoms with Crippen LogP contribution in [0.2, 0.25) is 0 Å². The number of carboxylic acids is 1. The molecule has 16 heavy (non-hydrogen) atoms. The molecular formula is C12H9BrO3. The Labute approximate surface area is 100 Å². The van der Waals surface area contributed by atoms with Gasteiger partial charge >= 0.3 is 5.97 Å². The number of halogens is 1. The molecule has 0 spiro atoms. The second kappa shape index (κ2) is 4.14. The maximum absolute atomic E-state index is 10.6. The van der Waals surface area contributed by atoms with E-state index in [9.17, 15) is 9.90 Å². The molecule has 0 bridgehead atoms. The van der Waals surface area contributed by atoms with E-state index in [-0.39, 0.29) is 12.2 Å². The molecule has 0 saturated carbocycles. The van der Waals surface area contributed by atoms with E-state index in [2.05, 4.69) is 15.9 Å². The number of fused-ring (bicyclic) bond motifs is 1. The van der Waals surface area contributed by atoms with Gasteiger partial charge in [0.15, 0.2) is 0 Å². The lowest BCUT2D eigenvalue weighted by atomic mass is 10.0.